The third kappa shape index (κ3) is 4.89. The molecule has 1 aromatic carbocycles. The molecule has 24 heavy (non-hydrogen) atoms. The molecule has 3 rings (SSSR count). The second-order valence-electron chi connectivity index (χ2n) is 8.30. The summed E-state index contributed by atoms with van der Waals surface area (Å²) in [5, 5.41) is 0. The van der Waals surface area contributed by atoms with Gasteiger partial charge in [0, 0.05) is 0 Å². The molecule has 3 heteroatoms. The molecule has 1 aliphatic carbocycles. The van der Waals surface area contributed by atoms with Crippen LogP contribution in [0.1, 0.15) is 69.4 Å². The maximum atomic E-state index is 5.39. The fourth-order valence-corrected chi connectivity index (χ4v) is 4.26. The van der Waals surface area contributed by atoms with Gasteiger partial charge in [0.05, 0.1) is 7.11 Å². The van der Waals surface area contributed by atoms with Crippen LogP contribution in [0.2, 0.25) is 0 Å². The number of rotatable bonds is 5. The lowest BCUT2D eigenvalue weighted by molar-refractivity contribution is 0.130. The molecule has 1 unspecified atom stereocenters. The van der Waals surface area contributed by atoms with Crippen LogP contribution in [0.25, 0.3) is 0 Å². The molecule has 0 spiro atoms. The van der Waals surface area contributed by atoms with Crippen LogP contribution in [0.15, 0.2) is 18.2 Å². The predicted molar refractivity (Wildman–Crippen MR) is 105 cm³/mol. The zero-order valence-corrected chi connectivity index (χ0v) is 16.5. The Morgan fingerprint density at radius 2 is 1.96 bits per heavy atom. The number of fused-ring (bicyclic) bond motifs is 1. The largest absolute Gasteiger partial charge is 0.497 e. The molecule has 0 aromatic heterocycles. The summed E-state index contributed by atoms with van der Waals surface area (Å²) in [6.45, 7) is 8.71. The highest BCUT2D eigenvalue weighted by molar-refractivity contribution is 5.85. The maximum Gasteiger partial charge on any atom is 0.119 e. The number of benzene rings is 1. The molecule has 1 aliphatic heterocycles. The van der Waals surface area contributed by atoms with Crippen molar-refractivity contribution in [2.24, 2.45) is 5.41 Å². The van der Waals surface area contributed by atoms with Crippen LogP contribution in [-0.4, -0.2) is 31.6 Å². The predicted octanol–water partition coefficient (Wildman–Crippen LogP) is 5.44. The van der Waals surface area contributed by atoms with Gasteiger partial charge < -0.3 is 9.64 Å². The monoisotopic (exact) mass is 351 g/mol. The zero-order chi connectivity index (χ0) is 16.3. The van der Waals surface area contributed by atoms with Crippen molar-refractivity contribution >= 4 is 12.4 Å². The summed E-state index contributed by atoms with van der Waals surface area (Å²) in [6.07, 6.45) is 9.34. The summed E-state index contributed by atoms with van der Waals surface area (Å²) < 4.78 is 5.39. The lowest BCUT2D eigenvalue weighted by atomic mass is 9.80. The van der Waals surface area contributed by atoms with E-state index in [0.29, 0.717) is 5.41 Å². The molecule has 0 bridgehead atoms. The topological polar surface area (TPSA) is 12.5 Å². The summed E-state index contributed by atoms with van der Waals surface area (Å²) in [5.41, 5.74) is 3.69. The molecular weight excluding hydrogens is 318 g/mol. The normalized spacial score (nSPS) is 23.2. The number of hydrogen-bond donors (Lipinski definition) is 0. The molecule has 1 atom stereocenters. The van der Waals surface area contributed by atoms with Crippen molar-refractivity contribution in [3.05, 3.63) is 29.3 Å². The molecule has 2 aliphatic rings. The Kier molecular flexibility index (Phi) is 7.00. The van der Waals surface area contributed by atoms with Gasteiger partial charge in [-0.3, -0.25) is 0 Å². The number of halogens is 1. The van der Waals surface area contributed by atoms with Crippen molar-refractivity contribution in [1.82, 2.24) is 4.90 Å². The number of methoxy groups -OCH3 is 1. The molecule has 1 aromatic rings. The number of piperidine rings is 1. The van der Waals surface area contributed by atoms with Crippen LogP contribution >= 0.6 is 12.4 Å². The van der Waals surface area contributed by atoms with Crippen LogP contribution < -0.4 is 4.74 Å². The molecule has 1 saturated heterocycles. The van der Waals surface area contributed by atoms with E-state index < -0.39 is 0 Å². The van der Waals surface area contributed by atoms with Gasteiger partial charge >= 0.3 is 0 Å². The molecule has 1 heterocycles. The van der Waals surface area contributed by atoms with E-state index >= 15 is 0 Å². The number of nitrogens with zero attached hydrogens (tertiary/aromatic N) is 1. The standard InChI is InChI=1S/C21H33NO.ClH/c1-21(2)11-14-22(15-12-21)13-5-8-17-6-4-7-18-16-19(23-3)9-10-20(17)18;/h9-10,16-17H,4-8,11-15H2,1-3H3;1H. The molecule has 2 nitrogen and oxygen atoms in total. The van der Waals surface area contributed by atoms with Crippen molar-refractivity contribution in [3.8, 4) is 5.75 Å². The Balaban J connectivity index is 0.00000208. The minimum Gasteiger partial charge on any atom is -0.497 e. The summed E-state index contributed by atoms with van der Waals surface area (Å²) >= 11 is 0. The van der Waals surface area contributed by atoms with Gasteiger partial charge in [0.25, 0.3) is 0 Å². The molecule has 0 saturated carbocycles. The molecule has 1 fully saturated rings. The van der Waals surface area contributed by atoms with E-state index in [-0.39, 0.29) is 12.4 Å². The second-order valence-corrected chi connectivity index (χ2v) is 8.30. The van der Waals surface area contributed by atoms with E-state index in [9.17, 15) is 0 Å². The minimum atomic E-state index is 0. The van der Waals surface area contributed by atoms with Crippen LogP contribution in [0.4, 0.5) is 0 Å². The third-order valence-corrected chi connectivity index (χ3v) is 6.03. The molecule has 136 valence electrons. The Labute approximate surface area is 154 Å². The Morgan fingerprint density at radius 3 is 2.67 bits per heavy atom. The Bertz CT molecular complexity index is 519. The third-order valence-electron chi connectivity index (χ3n) is 6.03. The van der Waals surface area contributed by atoms with Gasteiger partial charge in [0.15, 0.2) is 0 Å². The Hall–Kier alpha value is -0.730. The van der Waals surface area contributed by atoms with Crippen molar-refractivity contribution in [2.75, 3.05) is 26.7 Å². The van der Waals surface area contributed by atoms with Crippen LogP contribution in [-0.2, 0) is 6.42 Å². The zero-order valence-electron chi connectivity index (χ0n) is 15.6. The van der Waals surface area contributed by atoms with E-state index in [1.165, 1.54) is 70.1 Å². The number of ether oxygens (including phenoxy) is 1. The SMILES string of the molecule is COc1ccc2c(c1)CCCC2CCCN1CCC(C)(C)CC1.Cl. The van der Waals surface area contributed by atoms with Gasteiger partial charge in [0.2, 0.25) is 0 Å². The average Bonchev–Trinajstić information content (AvgIpc) is 2.56. The molecule has 0 radical (unpaired) electrons. The molecule has 0 N–H and O–H groups in total. The van der Waals surface area contributed by atoms with Gasteiger partial charge in [-0.25, -0.2) is 0 Å². The number of hydrogen-bond acceptors (Lipinski definition) is 2. The second kappa shape index (κ2) is 8.58. The highest BCUT2D eigenvalue weighted by Crippen LogP contribution is 2.37. The average molecular weight is 352 g/mol. The summed E-state index contributed by atoms with van der Waals surface area (Å²) in [7, 11) is 1.77. The fraction of sp³-hybridized carbons (Fsp3) is 0.714. The van der Waals surface area contributed by atoms with Gasteiger partial charge in [-0.15, -0.1) is 12.4 Å². The fourth-order valence-electron chi connectivity index (χ4n) is 4.26. The number of likely N-dealkylation sites (tertiary alicyclic amines) is 1. The van der Waals surface area contributed by atoms with E-state index in [1.807, 2.05) is 0 Å². The highest BCUT2D eigenvalue weighted by Gasteiger charge is 2.25. The van der Waals surface area contributed by atoms with E-state index in [4.69, 9.17) is 4.74 Å². The van der Waals surface area contributed by atoms with Crippen molar-refractivity contribution in [1.29, 1.82) is 0 Å². The van der Waals surface area contributed by atoms with Gasteiger partial charge in [-0.05, 0) is 99.2 Å². The molecular formula is C21H34ClNO. The highest BCUT2D eigenvalue weighted by atomic mass is 35.5. The minimum absolute atomic E-state index is 0. The van der Waals surface area contributed by atoms with E-state index in [2.05, 4.69) is 36.9 Å². The summed E-state index contributed by atoms with van der Waals surface area (Å²) in [5.74, 6) is 1.78. The summed E-state index contributed by atoms with van der Waals surface area (Å²) in [6, 6.07) is 6.72. The van der Waals surface area contributed by atoms with Gasteiger partial charge in [0.1, 0.15) is 5.75 Å². The smallest absolute Gasteiger partial charge is 0.119 e. The lowest BCUT2D eigenvalue weighted by Crippen LogP contribution is -2.37. The van der Waals surface area contributed by atoms with E-state index in [1.54, 1.807) is 12.7 Å². The van der Waals surface area contributed by atoms with Crippen LogP contribution in [0, 0.1) is 5.41 Å². The van der Waals surface area contributed by atoms with Crippen molar-refractivity contribution < 1.29 is 4.74 Å². The maximum absolute atomic E-state index is 5.39. The summed E-state index contributed by atoms with van der Waals surface area (Å²) in [4.78, 5) is 2.68. The first-order chi connectivity index (χ1) is 11.1. The first-order valence-electron chi connectivity index (χ1n) is 9.46. The van der Waals surface area contributed by atoms with Crippen molar-refractivity contribution in [3.63, 3.8) is 0 Å². The van der Waals surface area contributed by atoms with Gasteiger partial charge in [-0.2, -0.15) is 0 Å². The van der Waals surface area contributed by atoms with Gasteiger partial charge in [-0.1, -0.05) is 19.9 Å². The van der Waals surface area contributed by atoms with Crippen molar-refractivity contribution in [2.45, 2.75) is 64.7 Å². The first-order valence-corrected chi connectivity index (χ1v) is 9.46. The lowest BCUT2D eigenvalue weighted by Gasteiger charge is -2.37. The first kappa shape index (κ1) is 19.6. The quantitative estimate of drug-likeness (QED) is 0.700. The van der Waals surface area contributed by atoms with Crippen LogP contribution in [0.5, 0.6) is 5.75 Å². The Morgan fingerprint density at radius 1 is 1.21 bits per heavy atom. The van der Waals surface area contributed by atoms with Crippen LogP contribution in [0.3, 0.4) is 0 Å². The molecule has 0 amide bonds. The van der Waals surface area contributed by atoms with E-state index in [0.717, 1.165) is 11.7 Å². The number of aryl methyl sites for hydroxylation is 1.